The van der Waals surface area contributed by atoms with E-state index in [2.05, 4.69) is 4.98 Å². The maximum atomic E-state index is 12.5. The Balaban J connectivity index is 2.42. The second-order valence-electron chi connectivity index (χ2n) is 4.47. The van der Waals surface area contributed by atoms with Gasteiger partial charge < -0.3 is 4.74 Å². The summed E-state index contributed by atoms with van der Waals surface area (Å²) in [7, 11) is 1.59. The van der Waals surface area contributed by atoms with E-state index in [1.54, 1.807) is 37.4 Å². The summed E-state index contributed by atoms with van der Waals surface area (Å²) in [5.41, 5.74) is 2.59. The fraction of sp³-hybridized carbons (Fsp3) is 0.250. The van der Waals surface area contributed by atoms with E-state index in [4.69, 9.17) is 16.3 Å². The molecule has 0 N–H and O–H groups in total. The highest BCUT2D eigenvalue weighted by atomic mass is 35.5. The molecule has 0 radical (unpaired) electrons. The summed E-state index contributed by atoms with van der Waals surface area (Å²) in [6, 6.07) is 8.72. The number of hydrogen-bond donors (Lipinski definition) is 0. The van der Waals surface area contributed by atoms with E-state index in [0.29, 0.717) is 27.6 Å². The number of hydrogen-bond acceptors (Lipinski definition) is 3. The molecular formula is C16H16ClNO2. The zero-order valence-corrected chi connectivity index (χ0v) is 12.5. The first-order chi connectivity index (χ1) is 9.56. The van der Waals surface area contributed by atoms with Gasteiger partial charge >= 0.3 is 0 Å². The topological polar surface area (TPSA) is 39.2 Å². The van der Waals surface area contributed by atoms with Crippen molar-refractivity contribution in [2.24, 2.45) is 0 Å². The molecule has 0 amide bonds. The molecule has 0 aliphatic rings. The van der Waals surface area contributed by atoms with Crippen molar-refractivity contribution < 1.29 is 9.53 Å². The van der Waals surface area contributed by atoms with Crippen LogP contribution >= 0.6 is 11.6 Å². The molecule has 0 saturated carbocycles. The van der Waals surface area contributed by atoms with Crippen LogP contribution in [0.3, 0.4) is 0 Å². The zero-order valence-electron chi connectivity index (χ0n) is 11.7. The highest BCUT2D eigenvalue weighted by Gasteiger charge is 2.17. The molecular weight excluding hydrogens is 274 g/mol. The minimum Gasteiger partial charge on any atom is -0.497 e. The molecule has 0 aliphatic carbocycles. The molecule has 0 atom stereocenters. The normalized spacial score (nSPS) is 10.4. The number of halogens is 1. The molecule has 4 heteroatoms. The second-order valence-corrected chi connectivity index (χ2v) is 4.87. The average Bonchev–Trinajstić information content (AvgIpc) is 2.46. The maximum absolute atomic E-state index is 12.5. The number of aromatic nitrogens is 1. The van der Waals surface area contributed by atoms with Crippen LogP contribution in [-0.2, 0) is 6.42 Å². The summed E-state index contributed by atoms with van der Waals surface area (Å²) in [5, 5.41) is 0.454. The molecule has 0 aliphatic heterocycles. The maximum Gasteiger partial charge on any atom is 0.196 e. The molecule has 0 bridgehead atoms. The van der Waals surface area contributed by atoms with Gasteiger partial charge in [-0.15, -0.1) is 0 Å². The number of carbonyl (C=O) groups excluding carboxylic acids is 1. The first-order valence-corrected chi connectivity index (χ1v) is 6.79. The molecule has 0 saturated heterocycles. The third-order valence-electron chi connectivity index (χ3n) is 3.15. The van der Waals surface area contributed by atoms with Gasteiger partial charge in [0.15, 0.2) is 5.78 Å². The van der Waals surface area contributed by atoms with Crippen molar-refractivity contribution in [3.63, 3.8) is 0 Å². The number of rotatable bonds is 4. The SMILES string of the molecule is CCc1cc(Cl)c(C(=O)c2ccc(OC)cc2)c(C)n1. The molecule has 20 heavy (non-hydrogen) atoms. The number of ether oxygens (including phenoxy) is 1. The summed E-state index contributed by atoms with van der Waals surface area (Å²) >= 11 is 6.23. The lowest BCUT2D eigenvalue weighted by Gasteiger charge is -2.09. The highest BCUT2D eigenvalue weighted by Crippen LogP contribution is 2.24. The Labute approximate surface area is 123 Å². The van der Waals surface area contributed by atoms with Crippen molar-refractivity contribution in [1.29, 1.82) is 0 Å². The smallest absolute Gasteiger partial charge is 0.196 e. The van der Waals surface area contributed by atoms with Gasteiger partial charge in [0.05, 0.1) is 23.4 Å². The highest BCUT2D eigenvalue weighted by molar-refractivity contribution is 6.35. The third-order valence-corrected chi connectivity index (χ3v) is 3.44. The molecule has 2 rings (SSSR count). The van der Waals surface area contributed by atoms with E-state index in [-0.39, 0.29) is 5.78 Å². The quantitative estimate of drug-likeness (QED) is 0.803. The predicted molar refractivity (Wildman–Crippen MR) is 79.8 cm³/mol. The minimum absolute atomic E-state index is 0.120. The van der Waals surface area contributed by atoms with Crippen LogP contribution in [0.1, 0.15) is 34.2 Å². The van der Waals surface area contributed by atoms with Crippen molar-refractivity contribution in [1.82, 2.24) is 4.98 Å². The Hall–Kier alpha value is -1.87. The standard InChI is InChI=1S/C16H16ClNO2/c1-4-12-9-14(17)15(10(2)18-12)16(19)11-5-7-13(20-3)8-6-11/h5-9H,4H2,1-3H3. The average molecular weight is 290 g/mol. The van der Waals surface area contributed by atoms with E-state index in [0.717, 1.165) is 12.1 Å². The third kappa shape index (κ3) is 2.83. The number of carbonyl (C=O) groups is 1. The first-order valence-electron chi connectivity index (χ1n) is 6.41. The van der Waals surface area contributed by atoms with E-state index >= 15 is 0 Å². The van der Waals surface area contributed by atoms with E-state index in [1.807, 2.05) is 13.8 Å². The summed E-state index contributed by atoms with van der Waals surface area (Å²) < 4.78 is 5.08. The molecule has 0 spiro atoms. The summed E-state index contributed by atoms with van der Waals surface area (Å²) in [6.45, 7) is 3.81. The van der Waals surface area contributed by atoms with Crippen molar-refractivity contribution in [3.8, 4) is 5.75 Å². The van der Waals surface area contributed by atoms with Gasteiger partial charge in [0.1, 0.15) is 5.75 Å². The molecule has 1 aromatic heterocycles. The molecule has 3 nitrogen and oxygen atoms in total. The van der Waals surface area contributed by atoms with Crippen LogP contribution < -0.4 is 4.74 Å². The van der Waals surface area contributed by atoms with Gasteiger partial charge in [-0.3, -0.25) is 9.78 Å². The van der Waals surface area contributed by atoms with Crippen LogP contribution in [0.5, 0.6) is 5.75 Å². The molecule has 1 heterocycles. The van der Waals surface area contributed by atoms with Gasteiger partial charge in [-0.25, -0.2) is 0 Å². The number of ketones is 1. The van der Waals surface area contributed by atoms with Crippen LogP contribution in [0.4, 0.5) is 0 Å². The Kier molecular flexibility index (Phi) is 4.40. The van der Waals surface area contributed by atoms with E-state index in [9.17, 15) is 4.79 Å². The Morgan fingerprint density at radius 1 is 1.30 bits per heavy atom. The minimum atomic E-state index is -0.120. The van der Waals surface area contributed by atoms with Gasteiger partial charge in [0.2, 0.25) is 0 Å². The van der Waals surface area contributed by atoms with Crippen LogP contribution in [0.25, 0.3) is 0 Å². The van der Waals surface area contributed by atoms with Gasteiger partial charge in [-0.05, 0) is 43.7 Å². The number of benzene rings is 1. The zero-order chi connectivity index (χ0) is 14.7. The Morgan fingerprint density at radius 2 is 1.95 bits per heavy atom. The van der Waals surface area contributed by atoms with Crippen molar-refractivity contribution in [2.45, 2.75) is 20.3 Å². The second kappa shape index (κ2) is 6.06. The van der Waals surface area contributed by atoms with Crippen LogP contribution in [0, 0.1) is 6.92 Å². The van der Waals surface area contributed by atoms with Crippen LogP contribution in [0.15, 0.2) is 30.3 Å². The number of pyridine rings is 1. The Bertz CT molecular complexity index is 612. The predicted octanol–water partition coefficient (Wildman–Crippen LogP) is 3.85. The Morgan fingerprint density at radius 3 is 2.45 bits per heavy atom. The van der Waals surface area contributed by atoms with Crippen LogP contribution in [0.2, 0.25) is 5.02 Å². The summed E-state index contributed by atoms with van der Waals surface area (Å²) in [4.78, 5) is 16.9. The molecule has 0 fully saturated rings. The summed E-state index contributed by atoms with van der Waals surface area (Å²) in [5.74, 6) is 0.592. The number of methoxy groups -OCH3 is 1. The van der Waals surface area contributed by atoms with Crippen molar-refractivity contribution in [3.05, 3.63) is 57.9 Å². The molecule has 1 aromatic carbocycles. The van der Waals surface area contributed by atoms with Gasteiger partial charge in [-0.2, -0.15) is 0 Å². The van der Waals surface area contributed by atoms with Crippen molar-refractivity contribution >= 4 is 17.4 Å². The molecule has 0 unspecified atom stereocenters. The van der Waals surface area contributed by atoms with E-state index < -0.39 is 0 Å². The lowest BCUT2D eigenvalue weighted by atomic mass is 10.0. The largest absolute Gasteiger partial charge is 0.497 e. The van der Waals surface area contributed by atoms with Crippen molar-refractivity contribution in [2.75, 3.05) is 7.11 Å². The van der Waals surface area contributed by atoms with E-state index in [1.165, 1.54) is 0 Å². The number of aryl methyl sites for hydroxylation is 2. The summed E-state index contributed by atoms with van der Waals surface area (Å²) in [6.07, 6.45) is 0.789. The molecule has 2 aromatic rings. The van der Waals surface area contributed by atoms with Gasteiger partial charge in [-0.1, -0.05) is 18.5 Å². The lowest BCUT2D eigenvalue weighted by Crippen LogP contribution is -2.07. The van der Waals surface area contributed by atoms with Gasteiger partial charge in [0.25, 0.3) is 0 Å². The number of nitrogens with zero attached hydrogens (tertiary/aromatic N) is 1. The fourth-order valence-corrected chi connectivity index (χ4v) is 2.38. The fourth-order valence-electron chi connectivity index (χ4n) is 2.04. The van der Waals surface area contributed by atoms with Gasteiger partial charge in [0, 0.05) is 11.3 Å². The van der Waals surface area contributed by atoms with Crippen LogP contribution in [-0.4, -0.2) is 17.9 Å². The first kappa shape index (κ1) is 14.5. The molecule has 104 valence electrons. The lowest BCUT2D eigenvalue weighted by molar-refractivity contribution is 0.103. The monoisotopic (exact) mass is 289 g/mol.